The Hall–Kier alpha value is -3.01. The quantitative estimate of drug-likeness (QED) is 0.583. The first-order valence-electron chi connectivity index (χ1n) is 10.8. The summed E-state index contributed by atoms with van der Waals surface area (Å²) >= 11 is 0. The number of aromatic nitrogens is 1. The van der Waals surface area contributed by atoms with Crippen molar-refractivity contribution in [3.05, 3.63) is 71.4 Å². The Kier molecular flexibility index (Phi) is 5.93. The van der Waals surface area contributed by atoms with Crippen molar-refractivity contribution in [2.24, 2.45) is 0 Å². The highest BCUT2D eigenvalue weighted by atomic mass is 16.5. The summed E-state index contributed by atoms with van der Waals surface area (Å²) in [6, 6.07) is 18.7. The summed E-state index contributed by atoms with van der Waals surface area (Å²) in [6.45, 7) is 4.11. The van der Waals surface area contributed by atoms with E-state index in [2.05, 4.69) is 41.1 Å². The average molecular weight is 403 g/mol. The van der Waals surface area contributed by atoms with Gasteiger partial charge in [-0.2, -0.15) is 0 Å². The van der Waals surface area contributed by atoms with Gasteiger partial charge < -0.3 is 14.6 Å². The molecule has 0 atom stereocenters. The molecule has 4 heteroatoms. The fraction of sp³-hybridized carbons (Fsp3) is 0.346. The smallest absolute Gasteiger partial charge is 0.253 e. The van der Waals surface area contributed by atoms with Crippen molar-refractivity contribution in [3.63, 3.8) is 0 Å². The number of hydrogen-bond acceptors (Lipinski definition) is 2. The van der Waals surface area contributed by atoms with E-state index in [9.17, 15) is 4.79 Å². The number of ether oxygens (including phenoxy) is 1. The highest BCUT2D eigenvalue weighted by molar-refractivity contribution is 5.97. The van der Waals surface area contributed by atoms with Crippen LogP contribution in [-0.2, 0) is 0 Å². The Bertz CT molecular complexity index is 1010. The molecule has 4 rings (SSSR count). The second-order valence-corrected chi connectivity index (χ2v) is 8.24. The molecule has 156 valence electrons. The van der Waals surface area contributed by atoms with Crippen LogP contribution in [0.2, 0.25) is 0 Å². The minimum Gasteiger partial charge on any atom is -0.497 e. The first-order valence-corrected chi connectivity index (χ1v) is 10.8. The van der Waals surface area contributed by atoms with E-state index in [4.69, 9.17) is 4.74 Å². The maximum atomic E-state index is 13.2. The van der Waals surface area contributed by atoms with Gasteiger partial charge in [-0.05, 0) is 74.7 Å². The van der Waals surface area contributed by atoms with Gasteiger partial charge in [0, 0.05) is 17.4 Å². The fourth-order valence-electron chi connectivity index (χ4n) is 4.35. The van der Waals surface area contributed by atoms with Crippen molar-refractivity contribution in [3.8, 4) is 22.7 Å². The number of aryl methyl sites for hydroxylation is 1. The van der Waals surface area contributed by atoms with Gasteiger partial charge in [-0.15, -0.1) is 0 Å². The van der Waals surface area contributed by atoms with Crippen LogP contribution in [-0.4, -0.2) is 23.6 Å². The Balaban J connectivity index is 1.75. The van der Waals surface area contributed by atoms with Crippen LogP contribution in [0, 0.1) is 13.8 Å². The lowest BCUT2D eigenvalue weighted by Crippen LogP contribution is -2.36. The number of carbonyl (C=O) groups excluding carboxylic acids is 1. The molecule has 0 saturated heterocycles. The molecule has 1 amide bonds. The summed E-state index contributed by atoms with van der Waals surface area (Å²) in [5.41, 5.74) is 6.03. The van der Waals surface area contributed by atoms with Crippen LogP contribution in [0.4, 0.5) is 0 Å². The maximum absolute atomic E-state index is 13.2. The molecule has 1 aliphatic carbocycles. The van der Waals surface area contributed by atoms with E-state index in [-0.39, 0.29) is 11.9 Å². The maximum Gasteiger partial charge on any atom is 0.253 e. The van der Waals surface area contributed by atoms with E-state index < -0.39 is 0 Å². The number of benzene rings is 2. The molecule has 0 bridgehead atoms. The van der Waals surface area contributed by atoms with Gasteiger partial charge in [-0.3, -0.25) is 4.79 Å². The number of hydrogen-bond donors (Lipinski definition) is 1. The van der Waals surface area contributed by atoms with E-state index in [1.807, 2.05) is 37.3 Å². The van der Waals surface area contributed by atoms with E-state index >= 15 is 0 Å². The molecule has 0 aliphatic heterocycles. The summed E-state index contributed by atoms with van der Waals surface area (Å²) in [5.74, 6) is 0.846. The second kappa shape index (κ2) is 8.78. The molecule has 3 aromatic rings. The molecule has 2 aromatic carbocycles. The SMILES string of the molecule is COc1ccc(-c2cc(C(=O)NC3CCCCC3)c(C)n2-c2ccc(C)cc2)cc1. The molecule has 0 spiro atoms. The first kappa shape index (κ1) is 20.3. The van der Waals surface area contributed by atoms with Gasteiger partial charge in [0.05, 0.1) is 18.4 Å². The third kappa shape index (κ3) is 4.13. The van der Waals surface area contributed by atoms with Crippen LogP contribution in [0.15, 0.2) is 54.6 Å². The molecule has 4 nitrogen and oxygen atoms in total. The molecule has 30 heavy (non-hydrogen) atoms. The molecule has 1 heterocycles. The third-order valence-electron chi connectivity index (χ3n) is 6.11. The number of amides is 1. The number of rotatable bonds is 5. The van der Waals surface area contributed by atoms with Crippen LogP contribution in [0.5, 0.6) is 5.75 Å². The van der Waals surface area contributed by atoms with Crippen molar-refractivity contribution in [1.29, 1.82) is 0 Å². The van der Waals surface area contributed by atoms with Crippen molar-refractivity contribution < 1.29 is 9.53 Å². The molecular formula is C26H30N2O2. The van der Waals surface area contributed by atoms with E-state index in [1.165, 1.54) is 24.8 Å². The lowest BCUT2D eigenvalue weighted by atomic mass is 9.95. The lowest BCUT2D eigenvalue weighted by molar-refractivity contribution is 0.0927. The lowest BCUT2D eigenvalue weighted by Gasteiger charge is -2.22. The van der Waals surface area contributed by atoms with Gasteiger partial charge in [0.1, 0.15) is 5.75 Å². The van der Waals surface area contributed by atoms with Crippen molar-refractivity contribution >= 4 is 5.91 Å². The molecule has 1 aromatic heterocycles. The predicted molar refractivity (Wildman–Crippen MR) is 122 cm³/mol. The topological polar surface area (TPSA) is 43.3 Å². The molecule has 1 N–H and O–H groups in total. The molecule has 1 saturated carbocycles. The number of nitrogens with zero attached hydrogens (tertiary/aromatic N) is 1. The highest BCUT2D eigenvalue weighted by Crippen LogP contribution is 2.31. The molecule has 1 aliphatic rings. The molecular weight excluding hydrogens is 372 g/mol. The number of methoxy groups -OCH3 is 1. The zero-order chi connectivity index (χ0) is 21.1. The van der Waals surface area contributed by atoms with Crippen LogP contribution >= 0.6 is 0 Å². The van der Waals surface area contributed by atoms with Crippen LogP contribution < -0.4 is 10.1 Å². The van der Waals surface area contributed by atoms with Gasteiger partial charge >= 0.3 is 0 Å². The van der Waals surface area contributed by atoms with Crippen LogP contribution in [0.25, 0.3) is 16.9 Å². The summed E-state index contributed by atoms with van der Waals surface area (Å²) in [4.78, 5) is 13.2. The Morgan fingerprint density at radius 1 is 0.967 bits per heavy atom. The molecule has 1 fully saturated rings. The summed E-state index contributed by atoms with van der Waals surface area (Å²) in [7, 11) is 1.67. The minimum absolute atomic E-state index is 0.0278. The second-order valence-electron chi connectivity index (χ2n) is 8.24. The zero-order valence-electron chi connectivity index (χ0n) is 18.1. The highest BCUT2D eigenvalue weighted by Gasteiger charge is 2.22. The van der Waals surface area contributed by atoms with Gasteiger partial charge in [0.25, 0.3) is 5.91 Å². The normalized spacial score (nSPS) is 14.5. The molecule has 0 unspecified atom stereocenters. The van der Waals surface area contributed by atoms with Gasteiger partial charge in [0.2, 0.25) is 0 Å². The van der Waals surface area contributed by atoms with Crippen LogP contribution in [0.1, 0.15) is 53.7 Å². The van der Waals surface area contributed by atoms with E-state index in [0.717, 1.165) is 46.8 Å². The summed E-state index contributed by atoms with van der Waals surface area (Å²) in [6.07, 6.45) is 5.83. The summed E-state index contributed by atoms with van der Waals surface area (Å²) in [5, 5.41) is 3.27. The molecule has 0 radical (unpaired) electrons. The van der Waals surface area contributed by atoms with E-state index in [0.29, 0.717) is 0 Å². The Labute approximate surface area is 178 Å². The van der Waals surface area contributed by atoms with Gasteiger partial charge in [-0.1, -0.05) is 37.0 Å². The third-order valence-corrected chi connectivity index (χ3v) is 6.11. The summed E-state index contributed by atoms with van der Waals surface area (Å²) < 4.78 is 7.49. The minimum atomic E-state index is 0.0278. The van der Waals surface area contributed by atoms with Crippen molar-refractivity contribution in [2.45, 2.75) is 52.0 Å². The van der Waals surface area contributed by atoms with E-state index in [1.54, 1.807) is 7.11 Å². The van der Waals surface area contributed by atoms with Gasteiger partial charge in [0.15, 0.2) is 0 Å². The predicted octanol–water partition coefficient (Wildman–Crippen LogP) is 5.83. The fourth-order valence-corrected chi connectivity index (χ4v) is 4.35. The number of carbonyl (C=O) groups is 1. The Morgan fingerprint density at radius 2 is 1.63 bits per heavy atom. The zero-order valence-corrected chi connectivity index (χ0v) is 18.1. The first-order chi connectivity index (χ1) is 14.6. The van der Waals surface area contributed by atoms with Gasteiger partial charge in [-0.25, -0.2) is 0 Å². The average Bonchev–Trinajstić information content (AvgIpc) is 3.12. The number of nitrogens with one attached hydrogen (secondary N) is 1. The van der Waals surface area contributed by atoms with Crippen LogP contribution in [0.3, 0.4) is 0 Å². The Morgan fingerprint density at radius 3 is 2.27 bits per heavy atom. The largest absolute Gasteiger partial charge is 0.497 e. The standard InChI is InChI=1S/C26H30N2O2/c1-18-9-13-22(14-10-18)28-19(2)24(26(29)27-21-7-5-4-6-8-21)17-25(28)20-11-15-23(30-3)16-12-20/h9-17,21H,4-8H2,1-3H3,(H,27,29). The van der Waals surface area contributed by atoms with Crippen molar-refractivity contribution in [1.82, 2.24) is 9.88 Å². The van der Waals surface area contributed by atoms with Crippen molar-refractivity contribution in [2.75, 3.05) is 7.11 Å². The monoisotopic (exact) mass is 402 g/mol.